The van der Waals surface area contributed by atoms with Crippen molar-refractivity contribution in [2.24, 2.45) is 0 Å². The Kier molecular flexibility index (Phi) is 11.3. The van der Waals surface area contributed by atoms with Crippen molar-refractivity contribution in [3.05, 3.63) is 309 Å². The smallest absolute Gasteiger partial charge is 0.235 e. The molecule has 7 heterocycles. The van der Waals surface area contributed by atoms with Crippen LogP contribution in [0.15, 0.2) is 318 Å². The summed E-state index contributed by atoms with van der Waals surface area (Å²) in [4.78, 5) is 21.1. The molecule has 0 spiro atoms. The first-order valence-electron chi connectivity index (χ1n) is 32.7. The third-order valence-electron chi connectivity index (χ3n) is 19.9. The molecule has 0 unspecified atom stereocenters. The van der Waals surface area contributed by atoms with E-state index in [4.69, 9.17) is 28.8 Å². The Morgan fingerprint density at radius 3 is 1.25 bits per heavy atom. The fourth-order valence-electron chi connectivity index (χ4n) is 15.4. The lowest BCUT2D eigenvalue weighted by Gasteiger charge is -2.12. The first-order valence-corrected chi connectivity index (χ1v) is 32.7. The van der Waals surface area contributed by atoms with Crippen molar-refractivity contribution >= 4 is 163 Å². The minimum atomic E-state index is 0.627. The van der Waals surface area contributed by atoms with Crippen molar-refractivity contribution in [3.63, 3.8) is 0 Å². The van der Waals surface area contributed by atoms with Crippen LogP contribution < -0.4 is 0 Å². The molecule has 0 aliphatic rings. The number of benzene rings is 15. The number of fused-ring (bicyclic) bond motifs is 21. The van der Waals surface area contributed by atoms with Gasteiger partial charge in [0.15, 0.2) is 0 Å². The zero-order valence-corrected chi connectivity index (χ0v) is 51.9. The number of para-hydroxylation sites is 6. The monoisotopic (exact) mass is 1240 g/mol. The summed E-state index contributed by atoms with van der Waals surface area (Å²) in [5, 5.41) is 20.8. The van der Waals surface area contributed by atoms with E-state index in [1.165, 1.54) is 64.8 Å². The van der Waals surface area contributed by atoms with E-state index in [0.717, 1.165) is 127 Å². The molecular formula is C88H51N7O2. The third kappa shape index (κ3) is 8.12. The number of rotatable bonds is 5. The maximum atomic E-state index is 6.52. The largest absolute Gasteiger partial charge is 0.456 e. The van der Waals surface area contributed by atoms with Gasteiger partial charge >= 0.3 is 0 Å². The Hall–Kier alpha value is -13.2. The van der Waals surface area contributed by atoms with Crippen molar-refractivity contribution in [3.8, 4) is 40.1 Å². The van der Waals surface area contributed by atoms with Gasteiger partial charge in [-0.3, -0.25) is 9.13 Å². The van der Waals surface area contributed by atoms with Crippen LogP contribution >= 0.6 is 0 Å². The average molecular weight is 1240 g/mol. The van der Waals surface area contributed by atoms with Crippen molar-refractivity contribution in [2.75, 3.05) is 0 Å². The summed E-state index contributed by atoms with van der Waals surface area (Å²) in [5.41, 5.74) is 16.7. The molecule has 9 nitrogen and oxygen atoms in total. The fourth-order valence-corrected chi connectivity index (χ4v) is 15.4. The van der Waals surface area contributed by atoms with E-state index in [1.807, 2.05) is 18.2 Å². The highest BCUT2D eigenvalue weighted by molar-refractivity contribution is 6.21. The van der Waals surface area contributed by atoms with E-state index in [2.05, 4.69) is 305 Å². The lowest BCUT2D eigenvalue weighted by atomic mass is 10.0. The summed E-state index contributed by atoms with van der Waals surface area (Å²) in [6, 6.07) is 109. The Morgan fingerprint density at radius 1 is 0.216 bits per heavy atom. The first-order chi connectivity index (χ1) is 48.1. The van der Waals surface area contributed by atoms with Crippen molar-refractivity contribution < 1.29 is 8.83 Å². The number of hydrogen-bond acceptors (Lipinski definition) is 6. The lowest BCUT2D eigenvalue weighted by molar-refractivity contribution is 0.669. The molecule has 0 saturated carbocycles. The fraction of sp³-hybridized carbons (Fsp3) is 0. The number of hydrogen-bond donors (Lipinski definition) is 0. The summed E-state index contributed by atoms with van der Waals surface area (Å²) < 4.78 is 19.8. The van der Waals surface area contributed by atoms with E-state index in [1.54, 1.807) is 0 Å². The minimum Gasteiger partial charge on any atom is -0.456 e. The van der Waals surface area contributed by atoms with Gasteiger partial charge in [0.2, 0.25) is 11.9 Å². The van der Waals surface area contributed by atoms with E-state index in [0.29, 0.717) is 11.9 Å². The van der Waals surface area contributed by atoms with Crippen LogP contribution in [-0.4, -0.2) is 33.6 Å². The Balaban J connectivity index is 0.000000131. The Bertz CT molecular complexity index is 7090. The molecule has 15 aromatic carbocycles. The molecule has 0 fully saturated rings. The predicted molar refractivity (Wildman–Crippen MR) is 400 cm³/mol. The second-order valence-corrected chi connectivity index (χ2v) is 25.3. The van der Waals surface area contributed by atoms with Gasteiger partial charge in [0.25, 0.3) is 0 Å². The van der Waals surface area contributed by atoms with Crippen LogP contribution in [0.4, 0.5) is 0 Å². The highest BCUT2D eigenvalue weighted by atomic mass is 16.3. The molecular weight excluding hydrogens is 1190 g/mol. The topological polar surface area (TPSA) is 92.6 Å². The molecule has 0 aliphatic heterocycles. The molecule has 0 aliphatic carbocycles. The zero-order valence-electron chi connectivity index (χ0n) is 51.9. The number of nitrogens with zero attached hydrogens (tertiary/aromatic N) is 7. The number of aromatic nitrogens is 7. The Labute approximate surface area is 552 Å². The van der Waals surface area contributed by atoms with Crippen LogP contribution in [-0.2, 0) is 0 Å². The minimum absolute atomic E-state index is 0.627. The lowest BCUT2D eigenvalue weighted by Crippen LogP contribution is -2.03. The molecule has 0 atom stereocenters. The maximum absolute atomic E-state index is 6.52. The first kappa shape index (κ1) is 53.3. The third-order valence-corrected chi connectivity index (χ3v) is 19.9. The molecule has 0 N–H and O–H groups in total. The van der Waals surface area contributed by atoms with Crippen molar-refractivity contribution in [2.45, 2.75) is 0 Å². The quantitative estimate of drug-likeness (QED) is 0.170. The standard InChI is InChI=1S/C48H28N4O.C40H23N3O/c1-2-13-31(14-3-1)51-40-20-10-7-16-33(40)37-27-38-34-17-8-11-21-41(34)52(43(38)28-42(37)51)48-49-39-19-9-6-18-35(39)47(50-48)30-22-24-36-45(26-30)53-44-25-23-29-12-4-5-15-32(29)46(36)44;1-3-11-26-21-36-32(19-24(26)9-1)29-13-6-8-16-35(29)43(36)40-41-34-15-7-5-14-31(34)39(42-40)28-17-18-30-33-20-25-10-2-4-12-27(25)22-38(33)44-37(30)23-28/h1-28H;1-23H. The van der Waals surface area contributed by atoms with E-state index in [-0.39, 0.29) is 0 Å². The van der Waals surface area contributed by atoms with Gasteiger partial charge in [-0.15, -0.1) is 0 Å². The van der Waals surface area contributed by atoms with Gasteiger partial charge in [-0.2, -0.15) is 0 Å². The summed E-state index contributed by atoms with van der Waals surface area (Å²) in [7, 11) is 0. The van der Waals surface area contributed by atoms with Crippen LogP contribution in [0.5, 0.6) is 0 Å². The van der Waals surface area contributed by atoms with E-state index in [9.17, 15) is 0 Å². The van der Waals surface area contributed by atoms with Crippen LogP contribution in [0.2, 0.25) is 0 Å². The van der Waals surface area contributed by atoms with Gasteiger partial charge in [0, 0.05) is 81.4 Å². The second-order valence-electron chi connectivity index (χ2n) is 25.3. The van der Waals surface area contributed by atoms with Crippen LogP contribution in [0.3, 0.4) is 0 Å². The molecule has 97 heavy (non-hydrogen) atoms. The van der Waals surface area contributed by atoms with Gasteiger partial charge in [-0.05, 0) is 142 Å². The molecule has 0 amide bonds. The summed E-state index contributed by atoms with van der Waals surface area (Å²) in [6.07, 6.45) is 0. The van der Waals surface area contributed by atoms with Crippen LogP contribution in [0.1, 0.15) is 0 Å². The highest BCUT2D eigenvalue weighted by Crippen LogP contribution is 2.44. The predicted octanol–water partition coefficient (Wildman–Crippen LogP) is 23.1. The van der Waals surface area contributed by atoms with Crippen molar-refractivity contribution in [1.82, 2.24) is 33.6 Å². The molecule has 450 valence electrons. The van der Waals surface area contributed by atoms with Crippen LogP contribution in [0.25, 0.3) is 204 Å². The van der Waals surface area contributed by atoms with Gasteiger partial charge < -0.3 is 13.4 Å². The summed E-state index contributed by atoms with van der Waals surface area (Å²) >= 11 is 0. The molecule has 9 heteroatoms. The SMILES string of the molecule is c1ccc(-n2c3ccccc3c3cc4c5ccccc5n(-c5nc(-c6ccc7c(c6)oc6ccc8ccccc8c67)c6ccccc6n5)c4cc32)cc1.c1ccc2cc3c(cc2c1)oc1cc(-c2nc(-n4c5ccccc5c5cc6ccccc6cc54)nc4ccccc24)ccc13. The normalized spacial score (nSPS) is 12.1. The van der Waals surface area contributed by atoms with Gasteiger partial charge in [-0.1, -0.05) is 200 Å². The summed E-state index contributed by atoms with van der Waals surface area (Å²) in [5.74, 6) is 1.28. The maximum Gasteiger partial charge on any atom is 0.235 e. The van der Waals surface area contributed by atoms with E-state index < -0.39 is 0 Å². The molecule has 22 rings (SSSR count). The van der Waals surface area contributed by atoms with Gasteiger partial charge in [0.05, 0.1) is 55.5 Å². The zero-order chi connectivity index (χ0) is 63.4. The second kappa shape index (κ2) is 20.6. The Morgan fingerprint density at radius 2 is 0.639 bits per heavy atom. The van der Waals surface area contributed by atoms with Gasteiger partial charge in [-0.25, -0.2) is 19.9 Å². The molecule has 0 bridgehead atoms. The molecule has 0 saturated heterocycles. The van der Waals surface area contributed by atoms with Crippen molar-refractivity contribution in [1.29, 1.82) is 0 Å². The average Bonchev–Trinajstić information content (AvgIpc) is 1.58. The molecule has 7 aromatic heterocycles. The molecule has 0 radical (unpaired) electrons. The number of furan rings is 2. The summed E-state index contributed by atoms with van der Waals surface area (Å²) in [6.45, 7) is 0. The van der Waals surface area contributed by atoms with E-state index >= 15 is 0 Å². The molecule has 22 aromatic rings. The highest BCUT2D eigenvalue weighted by Gasteiger charge is 2.24. The van der Waals surface area contributed by atoms with Gasteiger partial charge in [0.1, 0.15) is 22.3 Å². The van der Waals surface area contributed by atoms with Crippen LogP contribution in [0, 0.1) is 0 Å².